The summed E-state index contributed by atoms with van der Waals surface area (Å²) in [6.07, 6.45) is 2.85. The van der Waals surface area contributed by atoms with E-state index in [2.05, 4.69) is 15.3 Å². The van der Waals surface area contributed by atoms with Crippen LogP contribution in [0.3, 0.4) is 0 Å². The van der Waals surface area contributed by atoms with Crippen LogP contribution in [0.15, 0.2) is 65.7 Å². The molecule has 0 aliphatic rings. The SMILES string of the molecule is CNc1cccn(Cc2cc3ncc(F)c(OCc4ccccc4)c3[nH]2)c1=O. The molecule has 0 aliphatic heterocycles. The van der Waals surface area contributed by atoms with Crippen molar-refractivity contribution < 1.29 is 9.13 Å². The molecule has 0 spiro atoms. The van der Waals surface area contributed by atoms with Crippen molar-refractivity contribution in [3.63, 3.8) is 0 Å². The van der Waals surface area contributed by atoms with Crippen LogP contribution in [-0.4, -0.2) is 21.6 Å². The standard InChI is InChI=1S/C21H19FN4O2/c1-23-17-8-5-9-26(21(17)27)12-15-10-18-19(25-15)20(16(22)11-24-18)28-13-14-6-3-2-4-7-14/h2-11,23,25H,12-13H2,1H3. The zero-order chi connectivity index (χ0) is 19.5. The van der Waals surface area contributed by atoms with Crippen LogP contribution in [0.1, 0.15) is 11.3 Å². The van der Waals surface area contributed by atoms with Crippen molar-refractivity contribution in [2.24, 2.45) is 0 Å². The summed E-state index contributed by atoms with van der Waals surface area (Å²) >= 11 is 0. The summed E-state index contributed by atoms with van der Waals surface area (Å²) in [5.74, 6) is -0.414. The van der Waals surface area contributed by atoms with Crippen molar-refractivity contribution in [3.05, 3.63) is 88.4 Å². The van der Waals surface area contributed by atoms with E-state index in [1.165, 1.54) is 0 Å². The molecule has 0 aliphatic carbocycles. The Kier molecular flexibility index (Phi) is 4.80. The summed E-state index contributed by atoms with van der Waals surface area (Å²) in [6.45, 7) is 0.555. The molecule has 3 heterocycles. The third kappa shape index (κ3) is 3.46. The molecule has 0 amide bonds. The highest BCUT2D eigenvalue weighted by atomic mass is 19.1. The van der Waals surface area contributed by atoms with Gasteiger partial charge in [0.15, 0.2) is 11.6 Å². The number of benzene rings is 1. The second kappa shape index (κ2) is 7.56. The van der Waals surface area contributed by atoms with Crippen molar-refractivity contribution in [1.29, 1.82) is 0 Å². The average Bonchev–Trinajstić information content (AvgIpc) is 3.12. The van der Waals surface area contributed by atoms with Crippen LogP contribution in [0, 0.1) is 5.82 Å². The molecule has 0 fully saturated rings. The lowest BCUT2D eigenvalue weighted by atomic mass is 10.2. The molecule has 6 nitrogen and oxygen atoms in total. The maximum atomic E-state index is 14.4. The molecule has 0 atom stereocenters. The fourth-order valence-electron chi connectivity index (χ4n) is 3.07. The molecule has 4 rings (SSSR count). The second-order valence-corrected chi connectivity index (χ2v) is 6.37. The summed E-state index contributed by atoms with van der Waals surface area (Å²) in [6, 6.07) is 14.9. The molecule has 1 aromatic carbocycles. The molecule has 4 aromatic rings. The topological polar surface area (TPSA) is 71.9 Å². The monoisotopic (exact) mass is 378 g/mol. The van der Waals surface area contributed by atoms with Crippen molar-refractivity contribution in [2.45, 2.75) is 13.2 Å². The Hall–Kier alpha value is -3.61. The van der Waals surface area contributed by atoms with E-state index < -0.39 is 5.82 Å². The van der Waals surface area contributed by atoms with Gasteiger partial charge in [-0.3, -0.25) is 9.78 Å². The van der Waals surface area contributed by atoms with Gasteiger partial charge in [0.1, 0.15) is 17.8 Å². The normalized spacial score (nSPS) is 10.9. The molecule has 0 unspecified atom stereocenters. The van der Waals surface area contributed by atoms with Gasteiger partial charge >= 0.3 is 0 Å². The highest BCUT2D eigenvalue weighted by molar-refractivity contribution is 5.82. The van der Waals surface area contributed by atoms with E-state index >= 15 is 0 Å². The van der Waals surface area contributed by atoms with Gasteiger partial charge in [0.25, 0.3) is 5.56 Å². The first-order valence-electron chi connectivity index (χ1n) is 8.85. The molecule has 0 bridgehead atoms. The Balaban J connectivity index is 1.65. The van der Waals surface area contributed by atoms with Crippen LogP contribution in [-0.2, 0) is 13.2 Å². The average molecular weight is 378 g/mol. The van der Waals surface area contributed by atoms with Gasteiger partial charge in [-0.25, -0.2) is 4.39 Å². The maximum absolute atomic E-state index is 14.4. The largest absolute Gasteiger partial charge is 0.483 e. The number of fused-ring (bicyclic) bond motifs is 1. The van der Waals surface area contributed by atoms with E-state index in [9.17, 15) is 9.18 Å². The molecule has 3 aromatic heterocycles. The minimum atomic E-state index is -0.536. The Morgan fingerprint density at radius 3 is 2.82 bits per heavy atom. The Morgan fingerprint density at radius 1 is 1.21 bits per heavy atom. The van der Waals surface area contributed by atoms with Crippen molar-refractivity contribution in [3.8, 4) is 5.75 Å². The van der Waals surface area contributed by atoms with E-state index in [0.717, 1.165) is 17.5 Å². The van der Waals surface area contributed by atoms with E-state index in [0.29, 0.717) is 23.3 Å². The van der Waals surface area contributed by atoms with E-state index in [4.69, 9.17) is 4.74 Å². The molecule has 0 saturated carbocycles. The van der Waals surface area contributed by atoms with Crippen molar-refractivity contribution >= 4 is 16.7 Å². The van der Waals surface area contributed by atoms with Crippen molar-refractivity contribution in [2.75, 3.05) is 12.4 Å². The van der Waals surface area contributed by atoms with Crippen molar-refractivity contribution in [1.82, 2.24) is 14.5 Å². The summed E-state index contributed by atoms with van der Waals surface area (Å²) < 4.78 is 21.7. The Morgan fingerprint density at radius 2 is 2.04 bits per heavy atom. The van der Waals surface area contributed by atoms with Gasteiger partial charge in [0.05, 0.1) is 18.3 Å². The van der Waals surface area contributed by atoms with Gasteiger partial charge in [0.2, 0.25) is 0 Å². The second-order valence-electron chi connectivity index (χ2n) is 6.37. The predicted octanol–water partition coefficient (Wildman–Crippen LogP) is 3.53. The van der Waals surface area contributed by atoms with Crippen LogP contribution >= 0.6 is 0 Å². The number of H-pyrrole nitrogens is 1. The van der Waals surface area contributed by atoms with Gasteiger partial charge in [-0.15, -0.1) is 0 Å². The summed E-state index contributed by atoms with van der Waals surface area (Å²) in [4.78, 5) is 19.7. The first-order valence-corrected chi connectivity index (χ1v) is 8.85. The molecule has 142 valence electrons. The first-order chi connectivity index (χ1) is 13.7. The van der Waals surface area contributed by atoms with Gasteiger partial charge in [-0.1, -0.05) is 30.3 Å². The fraction of sp³-hybridized carbons (Fsp3) is 0.143. The highest BCUT2D eigenvalue weighted by Crippen LogP contribution is 2.28. The van der Waals surface area contributed by atoms with Gasteiger partial charge in [0, 0.05) is 18.9 Å². The third-order valence-corrected chi connectivity index (χ3v) is 4.47. The lowest BCUT2D eigenvalue weighted by Crippen LogP contribution is -2.22. The van der Waals surface area contributed by atoms with Gasteiger partial charge in [-0.2, -0.15) is 0 Å². The van der Waals surface area contributed by atoms with Crippen LogP contribution in [0.25, 0.3) is 11.0 Å². The van der Waals surface area contributed by atoms with Gasteiger partial charge in [-0.05, 0) is 23.8 Å². The molecule has 2 N–H and O–H groups in total. The zero-order valence-corrected chi connectivity index (χ0v) is 15.3. The molecular formula is C21H19FN4O2. The lowest BCUT2D eigenvalue weighted by Gasteiger charge is -2.08. The number of anilines is 1. The number of pyridine rings is 2. The minimum absolute atomic E-state index is 0.122. The predicted molar refractivity (Wildman–Crippen MR) is 106 cm³/mol. The smallest absolute Gasteiger partial charge is 0.274 e. The number of rotatable bonds is 6. The van der Waals surface area contributed by atoms with E-state index in [1.807, 2.05) is 30.3 Å². The Labute approximate surface area is 160 Å². The van der Waals surface area contributed by atoms with Crippen LogP contribution in [0.2, 0.25) is 0 Å². The summed E-state index contributed by atoms with van der Waals surface area (Å²) in [5.41, 5.74) is 3.10. The number of halogens is 1. The van der Waals surface area contributed by atoms with Crippen LogP contribution in [0.5, 0.6) is 5.75 Å². The number of ether oxygens (including phenoxy) is 1. The van der Waals surface area contributed by atoms with Gasteiger partial charge < -0.3 is 19.6 Å². The molecule has 7 heteroatoms. The summed E-state index contributed by atoms with van der Waals surface area (Å²) in [5, 5.41) is 2.87. The minimum Gasteiger partial charge on any atom is -0.483 e. The lowest BCUT2D eigenvalue weighted by molar-refractivity contribution is 0.293. The third-order valence-electron chi connectivity index (χ3n) is 4.47. The molecular weight excluding hydrogens is 359 g/mol. The fourth-order valence-corrected chi connectivity index (χ4v) is 3.07. The number of nitrogens with zero attached hydrogens (tertiary/aromatic N) is 2. The molecule has 0 radical (unpaired) electrons. The summed E-state index contributed by atoms with van der Waals surface area (Å²) in [7, 11) is 1.70. The highest BCUT2D eigenvalue weighted by Gasteiger charge is 2.14. The van der Waals surface area contributed by atoms with Crippen LogP contribution in [0.4, 0.5) is 10.1 Å². The van der Waals surface area contributed by atoms with Crippen LogP contribution < -0.4 is 15.6 Å². The number of aromatic nitrogens is 3. The quantitative estimate of drug-likeness (QED) is 0.538. The van der Waals surface area contributed by atoms with E-state index in [-0.39, 0.29) is 17.9 Å². The number of hydrogen-bond acceptors (Lipinski definition) is 4. The Bertz CT molecular complexity index is 1170. The number of hydrogen-bond donors (Lipinski definition) is 2. The number of aromatic amines is 1. The maximum Gasteiger partial charge on any atom is 0.274 e. The molecule has 28 heavy (non-hydrogen) atoms. The number of nitrogens with one attached hydrogen (secondary N) is 2. The first kappa shape index (κ1) is 17.8. The molecule has 0 saturated heterocycles. The van der Waals surface area contributed by atoms with E-state index in [1.54, 1.807) is 36.0 Å². The zero-order valence-electron chi connectivity index (χ0n) is 15.3.